The molecule has 7 nitrogen and oxygen atoms in total. The molecule has 1 unspecified atom stereocenters. The Morgan fingerprint density at radius 2 is 2.06 bits per heavy atom. The minimum Gasteiger partial charge on any atom is -0.444 e. The zero-order valence-electron chi connectivity index (χ0n) is 20.4. The van der Waals surface area contributed by atoms with Crippen LogP contribution in [0.1, 0.15) is 52.1 Å². The lowest BCUT2D eigenvalue weighted by atomic mass is 9.75. The summed E-state index contributed by atoms with van der Waals surface area (Å²) in [6, 6.07) is 10.2. The molecule has 5 atom stereocenters. The SMILES string of the molecule is CC(C)(C)OC(=O)NC1CC[C@@H]2[C@@H](C1)C[C@@H](N=[N+]=[N-])[C@H]2/C=C/c1ccc(-c2cccc(F)c2)cn1. The van der Waals surface area contributed by atoms with Crippen LogP contribution in [-0.4, -0.2) is 28.8 Å². The molecule has 1 heterocycles. The minimum atomic E-state index is -0.527. The second-order valence-electron chi connectivity index (χ2n) is 10.5. The lowest BCUT2D eigenvalue weighted by molar-refractivity contribution is 0.0474. The molecule has 2 aliphatic rings. The second-order valence-corrected chi connectivity index (χ2v) is 10.5. The highest BCUT2D eigenvalue weighted by Gasteiger charge is 2.44. The summed E-state index contributed by atoms with van der Waals surface area (Å²) >= 11 is 0. The van der Waals surface area contributed by atoms with Crippen molar-refractivity contribution in [2.75, 3.05) is 0 Å². The van der Waals surface area contributed by atoms with E-state index in [0.717, 1.165) is 42.5 Å². The van der Waals surface area contributed by atoms with Gasteiger partial charge in [0.15, 0.2) is 0 Å². The molecule has 2 aromatic rings. The number of hydrogen-bond donors (Lipinski definition) is 1. The van der Waals surface area contributed by atoms with Crippen molar-refractivity contribution in [2.45, 2.75) is 64.1 Å². The van der Waals surface area contributed by atoms with E-state index in [4.69, 9.17) is 10.3 Å². The van der Waals surface area contributed by atoms with E-state index in [1.165, 1.54) is 12.1 Å². The molecule has 184 valence electrons. The van der Waals surface area contributed by atoms with E-state index in [1.54, 1.807) is 12.3 Å². The van der Waals surface area contributed by atoms with Crippen molar-refractivity contribution in [1.29, 1.82) is 0 Å². The van der Waals surface area contributed by atoms with Crippen molar-refractivity contribution in [2.24, 2.45) is 22.9 Å². The monoisotopic (exact) mass is 477 g/mol. The first kappa shape index (κ1) is 24.7. The Balaban J connectivity index is 1.42. The standard InChI is InChI=1S/C27H32FN5O2/c1-27(2,3)35-26(34)31-22-10-11-23-19(14-22)15-25(32-33-29)24(23)12-9-21-8-7-18(16-30-21)17-5-4-6-20(28)13-17/h4-9,12-13,16,19,22-25H,10-11,14-15H2,1-3H3,(H,31,34)/b12-9+/t19-,22?,23+,24-,25+/m0/s1. The quantitative estimate of drug-likeness (QED) is 0.288. The number of benzene rings is 1. The van der Waals surface area contributed by atoms with Gasteiger partial charge < -0.3 is 10.1 Å². The molecular formula is C27H32FN5O2. The van der Waals surface area contributed by atoms with Crippen molar-refractivity contribution in [1.82, 2.24) is 10.3 Å². The summed E-state index contributed by atoms with van der Waals surface area (Å²) in [5.74, 6) is 0.618. The number of carbonyl (C=O) groups is 1. The third-order valence-electron chi connectivity index (χ3n) is 6.88. The fourth-order valence-electron chi connectivity index (χ4n) is 5.44. The highest BCUT2D eigenvalue weighted by molar-refractivity contribution is 5.68. The Hall–Kier alpha value is -3.38. The van der Waals surface area contributed by atoms with E-state index in [9.17, 15) is 9.18 Å². The Kier molecular flexibility index (Phi) is 7.41. The summed E-state index contributed by atoms with van der Waals surface area (Å²) in [6.45, 7) is 5.56. The molecule has 1 amide bonds. The molecule has 35 heavy (non-hydrogen) atoms. The van der Waals surface area contributed by atoms with Crippen LogP contribution in [0.3, 0.4) is 0 Å². The summed E-state index contributed by atoms with van der Waals surface area (Å²) in [5, 5.41) is 7.11. The highest BCUT2D eigenvalue weighted by atomic mass is 19.1. The van der Waals surface area contributed by atoms with Crippen LogP contribution in [0.15, 0.2) is 53.8 Å². The molecule has 2 saturated carbocycles. The molecule has 2 fully saturated rings. The number of carbonyl (C=O) groups excluding carboxylic acids is 1. The van der Waals surface area contributed by atoms with Crippen LogP contribution in [-0.2, 0) is 4.74 Å². The Morgan fingerprint density at radius 1 is 1.23 bits per heavy atom. The Bertz CT molecular complexity index is 1120. The van der Waals surface area contributed by atoms with Crippen molar-refractivity contribution >= 4 is 12.2 Å². The second kappa shape index (κ2) is 10.5. The summed E-state index contributed by atoms with van der Waals surface area (Å²) in [7, 11) is 0. The van der Waals surface area contributed by atoms with Crippen LogP contribution in [0.4, 0.5) is 9.18 Å². The fourth-order valence-corrected chi connectivity index (χ4v) is 5.44. The molecule has 1 N–H and O–H groups in total. The maximum atomic E-state index is 13.5. The number of alkyl carbamates (subject to hydrolysis) is 1. The van der Waals surface area contributed by atoms with Crippen LogP contribution >= 0.6 is 0 Å². The van der Waals surface area contributed by atoms with Gasteiger partial charge in [0, 0.05) is 28.8 Å². The van der Waals surface area contributed by atoms with Crippen LogP contribution < -0.4 is 5.32 Å². The van der Waals surface area contributed by atoms with Crippen LogP contribution in [0, 0.1) is 23.6 Å². The van der Waals surface area contributed by atoms with E-state index in [-0.39, 0.29) is 29.9 Å². The van der Waals surface area contributed by atoms with Gasteiger partial charge in [-0.25, -0.2) is 9.18 Å². The summed E-state index contributed by atoms with van der Waals surface area (Å²) in [4.78, 5) is 19.8. The van der Waals surface area contributed by atoms with E-state index in [1.807, 2.05) is 45.0 Å². The number of pyridine rings is 1. The first-order chi connectivity index (χ1) is 16.7. The number of nitrogens with one attached hydrogen (secondary N) is 1. The van der Waals surface area contributed by atoms with Gasteiger partial charge in [-0.05, 0) is 99.6 Å². The molecule has 0 saturated heterocycles. The van der Waals surface area contributed by atoms with E-state index in [0.29, 0.717) is 11.8 Å². The largest absolute Gasteiger partial charge is 0.444 e. The van der Waals surface area contributed by atoms with Crippen molar-refractivity contribution < 1.29 is 13.9 Å². The van der Waals surface area contributed by atoms with Gasteiger partial charge >= 0.3 is 6.09 Å². The Morgan fingerprint density at radius 3 is 2.74 bits per heavy atom. The molecule has 8 heteroatoms. The lowest BCUT2D eigenvalue weighted by Gasteiger charge is -2.34. The van der Waals surface area contributed by atoms with Gasteiger partial charge in [0.1, 0.15) is 11.4 Å². The number of fused-ring (bicyclic) bond motifs is 1. The molecule has 0 aliphatic heterocycles. The zero-order valence-corrected chi connectivity index (χ0v) is 20.4. The molecule has 1 aromatic heterocycles. The van der Waals surface area contributed by atoms with Crippen LogP contribution in [0.2, 0.25) is 0 Å². The van der Waals surface area contributed by atoms with Gasteiger partial charge in [0.25, 0.3) is 0 Å². The molecule has 4 rings (SSSR count). The molecule has 1 aromatic carbocycles. The van der Waals surface area contributed by atoms with Gasteiger partial charge in [-0.15, -0.1) is 0 Å². The average molecular weight is 478 g/mol. The molecule has 0 bridgehead atoms. The van der Waals surface area contributed by atoms with Crippen molar-refractivity contribution in [3.05, 3.63) is 70.6 Å². The normalized spacial score (nSPS) is 26.1. The fraction of sp³-hybridized carbons (Fsp3) is 0.481. The number of hydrogen-bond acceptors (Lipinski definition) is 4. The smallest absolute Gasteiger partial charge is 0.407 e. The van der Waals surface area contributed by atoms with Crippen molar-refractivity contribution in [3.8, 4) is 11.1 Å². The third-order valence-corrected chi connectivity index (χ3v) is 6.88. The highest BCUT2D eigenvalue weighted by Crippen LogP contribution is 2.48. The number of azide groups is 1. The van der Waals surface area contributed by atoms with Crippen LogP contribution in [0.5, 0.6) is 0 Å². The van der Waals surface area contributed by atoms with Crippen molar-refractivity contribution in [3.63, 3.8) is 0 Å². The maximum Gasteiger partial charge on any atom is 0.407 e. The number of aromatic nitrogens is 1. The number of halogens is 1. The first-order valence-corrected chi connectivity index (χ1v) is 12.2. The summed E-state index contributed by atoms with van der Waals surface area (Å²) < 4.78 is 18.9. The van der Waals surface area contributed by atoms with Gasteiger partial charge in [-0.1, -0.05) is 29.4 Å². The predicted molar refractivity (Wildman–Crippen MR) is 134 cm³/mol. The molecule has 0 radical (unpaired) electrons. The number of amides is 1. The summed E-state index contributed by atoms with van der Waals surface area (Å²) in [6.07, 6.45) is 8.94. The summed E-state index contributed by atoms with van der Waals surface area (Å²) in [5.41, 5.74) is 11.0. The lowest BCUT2D eigenvalue weighted by Crippen LogP contribution is -2.42. The third kappa shape index (κ3) is 6.40. The van der Waals surface area contributed by atoms with Gasteiger partial charge in [0.2, 0.25) is 0 Å². The van der Waals surface area contributed by atoms with Crippen LogP contribution in [0.25, 0.3) is 27.6 Å². The predicted octanol–water partition coefficient (Wildman–Crippen LogP) is 6.91. The van der Waals surface area contributed by atoms with E-state index >= 15 is 0 Å². The van der Waals surface area contributed by atoms with Gasteiger partial charge in [-0.3, -0.25) is 4.98 Å². The number of rotatable bonds is 5. The average Bonchev–Trinajstić information content (AvgIpc) is 3.13. The van der Waals surface area contributed by atoms with Gasteiger partial charge in [0.05, 0.1) is 5.69 Å². The molecule has 2 aliphatic carbocycles. The van der Waals surface area contributed by atoms with E-state index in [2.05, 4.69) is 26.4 Å². The number of nitrogens with zero attached hydrogens (tertiary/aromatic N) is 4. The minimum absolute atomic E-state index is 0.0672. The maximum absolute atomic E-state index is 13.5. The first-order valence-electron chi connectivity index (χ1n) is 12.2. The van der Waals surface area contributed by atoms with Gasteiger partial charge in [-0.2, -0.15) is 0 Å². The van der Waals surface area contributed by atoms with E-state index < -0.39 is 5.60 Å². The Labute approximate surface area is 205 Å². The molecule has 0 spiro atoms. The molecular weight excluding hydrogens is 445 g/mol. The zero-order chi connectivity index (χ0) is 25.0. The topological polar surface area (TPSA) is 100.0 Å². The number of ether oxygens (including phenoxy) is 1.